The van der Waals surface area contributed by atoms with Gasteiger partial charge in [0.1, 0.15) is 5.82 Å². The van der Waals surface area contributed by atoms with Crippen molar-refractivity contribution < 1.29 is 0 Å². The molecule has 0 aliphatic heterocycles. The second kappa shape index (κ2) is 5.74. The Bertz CT molecular complexity index is 410. The van der Waals surface area contributed by atoms with Gasteiger partial charge in [0.25, 0.3) is 0 Å². The van der Waals surface area contributed by atoms with Crippen LogP contribution in [0, 0.1) is 0 Å². The van der Waals surface area contributed by atoms with E-state index in [0.29, 0.717) is 0 Å². The van der Waals surface area contributed by atoms with Crippen molar-refractivity contribution in [2.24, 2.45) is 0 Å². The Kier molecular flexibility index (Phi) is 4.24. The molecule has 0 amide bonds. The summed E-state index contributed by atoms with van der Waals surface area (Å²) in [5.74, 6) is 1.65. The molecule has 5 heteroatoms. The number of nitrogens with one attached hydrogen (secondary N) is 1. The van der Waals surface area contributed by atoms with Gasteiger partial charge in [0.05, 0.1) is 0 Å². The van der Waals surface area contributed by atoms with Crippen molar-refractivity contribution in [1.82, 2.24) is 14.9 Å². The first-order chi connectivity index (χ1) is 9.03. The number of rotatable bonds is 5. The van der Waals surface area contributed by atoms with Gasteiger partial charge < -0.3 is 15.1 Å². The van der Waals surface area contributed by atoms with Gasteiger partial charge in [-0.2, -0.15) is 4.98 Å². The predicted octanol–water partition coefficient (Wildman–Crippen LogP) is 1.83. The summed E-state index contributed by atoms with van der Waals surface area (Å²) in [6, 6.07) is 1.94. The molecule has 1 aromatic heterocycles. The molecular weight excluding hydrogens is 238 g/mol. The summed E-state index contributed by atoms with van der Waals surface area (Å²) in [4.78, 5) is 13.0. The molecule has 2 rings (SSSR count). The maximum atomic E-state index is 4.51. The maximum absolute atomic E-state index is 4.51. The number of anilines is 2. The van der Waals surface area contributed by atoms with Crippen molar-refractivity contribution in [3.8, 4) is 0 Å². The average Bonchev–Trinajstić information content (AvgIpc) is 2.87. The van der Waals surface area contributed by atoms with Crippen molar-refractivity contribution >= 4 is 11.8 Å². The molecule has 1 aliphatic carbocycles. The molecule has 1 aliphatic rings. The summed E-state index contributed by atoms with van der Waals surface area (Å²) in [7, 11) is 8.27. The SMILES string of the molecule is CN(C)c1nccc(NCC2(N(C)C)CCCC2)n1. The third-order valence-corrected chi connectivity index (χ3v) is 4.12. The van der Waals surface area contributed by atoms with Crippen LogP contribution in [-0.2, 0) is 0 Å². The molecule has 5 nitrogen and oxygen atoms in total. The Morgan fingerprint density at radius 2 is 1.89 bits per heavy atom. The molecule has 0 saturated heterocycles. The Hall–Kier alpha value is -1.36. The highest BCUT2D eigenvalue weighted by Crippen LogP contribution is 2.33. The Labute approximate surface area is 116 Å². The van der Waals surface area contributed by atoms with E-state index < -0.39 is 0 Å². The van der Waals surface area contributed by atoms with Crippen molar-refractivity contribution in [3.63, 3.8) is 0 Å². The van der Waals surface area contributed by atoms with E-state index in [4.69, 9.17) is 0 Å². The molecule has 1 N–H and O–H groups in total. The first-order valence-corrected chi connectivity index (χ1v) is 6.95. The maximum Gasteiger partial charge on any atom is 0.226 e. The topological polar surface area (TPSA) is 44.3 Å². The highest BCUT2D eigenvalue weighted by Gasteiger charge is 2.35. The summed E-state index contributed by atoms with van der Waals surface area (Å²) < 4.78 is 0. The molecular formula is C14H25N5. The minimum Gasteiger partial charge on any atom is -0.368 e. The fourth-order valence-electron chi connectivity index (χ4n) is 2.73. The highest BCUT2D eigenvalue weighted by molar-refractivity contribution is 5.40. The summed E-state index contributed by atoms with van der Waals surface area (Å²) >= 11 is 0. The Morgan fingerprint density at radius 3 is 2.47 bits per heavy atom. The van der Waals surface area contributed by atoms with E-state index in [1.807, 2.05) is 31.3 Å². The van der Waals surface area contributed by atoms with Crippen LogP contribution in [0.1, 0.15) is 25.7 Å². The van der Waals surface area contributed by atoms with Crippen molar-refractivity contribution in [2.75, 3.05) is 45.0 Å². The van der Waals surface area contributed by atoms with Crippen LogP contribution >= 0.6 is 0 Å². The van der Waals surface area contributed by atoms with E-state index in [9.17, 15) is 0 Å². The van der Waals surface area contributed by atoms with Gasteiger partial charge in [0, 0.05) is 32.4 Å². The highest BCUT2D eigenvalue weighted by atomic mass is 15.2. The smallest absolute Gasteiger partial charge is 0.226 e. The van der Waals surface area contributed by atoms with Crippen LogP contribution in [0.5, 0.6) is 0 Å². The first-order valence-electron chi connectivity index (χ1n) is 6.95. The van der Waals surface area contributed by atoms with Crippen LogP contribution in [0.2, 0.25) is 0 Å². The van der Waals surface area contributed by atoms with Crippen molar-refractivity contribution in [1.29, 1.82) is 0 Å². The monoisotopic (exact) mass is 263 g/mol. The Balaban J connectivity index is 2.03. The number of nitrogens with zero attached hydrogens (tertiary/aromatic N) is 4. The molecule has 1 heterocycles. The summed E-state index contributed by atoms with van der Waals surface area (Å²) in [5.41, 5.74) is 0.281. The second-order valence-corrected chi connectivity index (χ2v) is 5.82. The number of aromatic nitrogens is 2. The van der Waals surface area contributed by atoms with E-state index in [1.54, 1.807) is 0 Å². The molecule has 0 radical (unpaired) electrons. The van der Waals surface area contributed by atoms with Crippen LogP contribution < -0.4 is 10.2 Å². The molecule has 1 saturated carbocycles. The normalized spacial score (nSPS) is 17.7. The van der Waals surface area contributed by atoms with Gasteiger partial charge in [-0.05, 0) is 33.0 Å². The lowest BCUT2D eigenvalue weighted by Crippen LogP contribution is -2.47. The van der Waals surface area contributed by atoms with Crippen molar-refractivity contribution in [2.45, 2.75) is 31.2 Å². The third-order valence-electron chi connectivity index (χ3n) is 4.12. The lowest BCUT2D eigenvalue weighted by Gasteiger charge is -2.36. The standard InChI is InChI=1S/C14H25N5/c1-18(2)13-15-10-7-12(17-13)16-11-14(19(3)4)8-5-6-9-14/h7,10H,5-6,8-9,11H2,1-4H3,(H,15,16,17). The summed E-state index contributed by atoms with van der Waals surface area (Å²) in [6.45, 7) is 0.948. The zero-order valence-corrected chi connectivity index (χ0v) is 12.5. The van der Waals surface area contributed by atoms with E-state index >= 15 is 0 Å². The van der Waals surface area contributed by atoms with E-state index in [2.05, 4.69) is 34.3 Å². The predicted molar refractivity (Wildman–Crippen MR) is 79.7 cm³/mol. The number of likely N-dealkylation sites (N-methyl/N-ethyl adjacent to an activating group) is 1. The second-order valence-electron chi connectivity index (χ2n) is 5.82. The van der Waals surface area contributed by atoms with Gasteiger partial charge in [0.2, 0.25) is 5.95 Å². The average molecular weight is 263 g/mol. The lowest BCUT2D eigenvalue weighted by atomic mass is 9.96. The van der Waals surface area contributed by atoms with Crippen LogP contribution in [-0.4, -0.2) is 55.1 Å². The van der Waals surface area contributed by atoms with E-state index in [1.165, 1.54) is 25.7 Å². The van der Waals surface area contributed by atoms with Crippen LogP contribution in [0.25, 0.3) is 0 Å². The summed E-state index contributed by atoms with van der Waals surface area (Å²) in [5, 5.41) is 3.48. The number of hydrogen-bond acceptors (Lipinski definition) is 5. The Morgan fingerprint density at radius 1 is 1.21 bits per heavy atom. The van der Waals surface area contributed by atoms with Gasteiger partial charge >= 0.3 is 0 Å². The van der Waals surface area contributed by atoms with Gasteiger partial charge in [-0.3, -0.25) is 0 Å². The van der Waals surface area contributed by atoms with Gasteiger partial charge in [0.15, 0.2) is 0 Å². The number of hydrogen-bond donors (Lipinski definition) is 1. The van der Waals surface area contributed by atoms with Crippen LogP contribution in [0.15, 0.2) is 12.3 Å². The molecule has 0 atom stereocenters. The fraction of sp³-hybridized carbons (Fsp3) is 0.714. The van der Waals surface area contributed by atoms with E-state index in [-0.39, 0.29) is 5.54 Å². The molecule has 0 unspecified atom stereocenters. The quantitative estimate of drug-likeness (QED) is 0.878. The molecule has 106 valence electrons. The molecule has 0 spiro atoms. The van der Waals surface area contributed by atoms with Gasteiger partial charge in [-0.15, -0.1) is 0 Å². The lowest BCUT2D eigenvalue weighted by molar-refractivity contribution is 0.172. The van der Waals surface area contributed by atoms with Crippen LogP contribution in [0.3, 0.4) is 0 Å². The third kappa shape index (κ3) is 3.15. The minimum atomic E-state index is 0.281. The molecule has 1 fully saturated rings. The molecule has 1 aromatic rings. The van der Waals surface area contributed by atoms with Crippen molar-refractivity contribution in [3.05, 3.63) is 12.3 Å². The minimum absolute atomic E-state index is 0.281. The fourth-order valence-corrected chi connectivity index (χ4v) is 2.73. The van der Waals surface area contributed by atoms with Gasteiger partial charge in [-0.25, -0.2) is 4.98 Å². The molecule has 19 heavy (non-hydrogen) atoms. The summed E-state index contributed by atoms with van der Waals surface area (Å²) in [6.07, 6.45) is 6.98. The molecule has 0 aromatic carbocycles. The zero-order valence-electron chi connectivity index (χ0n) is 12.5. The van der Waals surface area contributed by atoms with Crippen LogP contribution in [0.4, 0.5) is 11.8 Å². The molecule has 0 bridgehead atoms. The first kappa shape index (κ1) is 14.1. The zero-order chi connectivity index (χ0) is 13.9. The van der Waals surface area contributed by atoms with Gasteiger partial charge in [-0.1, -0.05) is 12.8 Å². The largest absolute Gasteiger partial charge is 0.368 e. The van der Waals surface area contributed by atoms with E-state index in [0.717, 1.165) is 18.3 Å².